The van der Waals surface area contributed by atoms with Crippen molar-refractivity contribution in [3.05, 3.63) is 101 Å². The molecule has 0 radical (unpaired) electrons. The molecule has 0 atom stereocenters. The van der Waals surface area contributed by atoms with Gasteiger partial charge in [-0.1, -0.05) is 35.3 Å². The van der Waals surface area contributed by atoms with Crippen molar-refractivity contribution >= 4 is 61.5 Å². The monoisotopic (exact) mass is 498 g/mol. The summed E-state index contributed by atoms with van der Waals surface area (Å²) >= 11 is 11.8. The van der Waals surface area contributed by atoms with E-state index in [0.717, 1.165) is 0 Å². The van der Waals surface area contributed by atoms with Gasteiger partial charge in [-0.25, -0.2) is 13.4 Å². The molecule has 0 unspecified atom stereocenters. The molecular formula is C23H16Cl2N4O3S. The van der Waals surface area contributed by atoms with Crippen molar-refractivity contribution < 1.29 is 13.2 Å². The minimum absolute atomic E-state index is 0.0545. The maximum absolute atomic E-state index is 12.7. The summed E-state index contributed by atoms with van der Waals surface area (Å²) in [5.74, 6) is -0.138. The molecule has 0 fully saturated rings. The van der Waals surface area contributed by atoms with Gasteiger partial charge in [0.2, 0.25) is 0 Å². The Morgan fingerprint density at radius 1 is 0.909 bits per heavy atom. The topological polar surface area (TPSA) is 101 Å². The summed E-state index contributed by atoms with van der Waals surface area (Å²) in [6, 6.07) is 17.8. The molecule has 0 aliphatic rings. The highest BCUT2D eigenvalue weighted by atomic mass is 35.5. The number of sulfonamides is 1. The number of carbonyl (C=O) groups is 1. The molecule has 4 rings (SSSR count). The number of hydrogen-bond acceptors (Lipinski definition) is 6. The predicted molar refractivity (Wildman–Crippen MR) is 130 cm³/mol. The first-order chi connectivity index (χ1) is 15.8. The van der Waals surface area contributed by atoms with Crippen LogP contribution in [0.25, 0.3) is 11.0 Å². The fraction of sp³-hybridized carbons (Fsp3) is 0. The standard InChI is InChI=1S/C23H16Cl2N4O3S/c24-18-10-5-15(13-19(18)25)22(30)11-12-26-16-6-8-17(9-7-16)33(31,32)29-23-14-27-20-3-1-2-4-21(20)28-23/h1-14,26H,(H,28,29). The number of rotatable bonds is 7. The number of benzene rings is 3. The van der Waals surface area contributed by atoms with Crippen molar-refractivity contribution in [1.82, 2.24) is 9.97 Å². The van der Waals surface area contributed by atoms with Gasteiger partial charge in [0.25, 0.3) is 10.0 Å². The lowest BCUT2D eigenvalue weighted by atomic mass is 10.1. The first-order valence-electron chi connectivity index (χ1n) is 9.59. The molecule has 1 aromatic heterocycles. The molecule has 0 aliphatic heterocycles. The number of carbonyl (C=O) groups excluding carboxylic acids is 1. The Labute approximate surface area is 200 Å². The van der Waals surface area contributed by atoms with E-state index in [4.69, 9.17) is 23.2 Å². The second-order valence-electron chi connectivity index (χ2n) is 6.84. The molecule has 7 nitrogen and oxygen atoms in total. The summed E-state index contributed by atoms with van der Waals surface area (Å²) in [5, 5.41) is 3.59. The van der Waals surface area contributed by atoms with Gasteiger partial charge in [0.15, 0.2) is 11.6 Å². The minimum Gasteiger partial charge on any atom is -0.362 e. The fourth-order valence-electron chi connectivity index (χ4n) is 2.89. The molecular weight excluding hydrogens is 483 g/mol. The van der Waals surface area contributed by atoms with E-state index in [-0.39, 0.29) is 16.5 Å². The molecule has 0 spiro atoms. The zero-order valence-corrected chi connectivity index (χ0v) is 19.2. The number of nitrogens with one attached hydrogen (secondary N) is 2. The lowest BCUT2D eigenvalue weighted by Gasteiger charge is -2.08. The molecule has 0 amide bonds. The Bertz CT molecular complexity index is 1470. The van der Waals surface area contributed by atoms with Crippen LogP contribution in [0, 0.1) is 0 Å². The average molecular weight is 499 g/mol. The molecule has 0 aliphatic carbocycles. The summed E-state index contributed by atoms with van der Waals surface area (Å²) in [6.45, 7) is 0. The summed E-state index contributed by atoms with van der Waals surface area (Å²) in [5.41, 5.74) is 2.24. The van der Waals surface area contributed by atoms with E-state index in [1.807, 2.05) is 6.07 Å². The van der Waals surface area contributed by atoms with E-state index in [0.29, 0.717) is 32.3 Å². The first kappa shape index (κ1) is 22.7. The largest absolute Gasteiger partial charge is 0.362 e. The van der Waals surface area contributed by atoms with E-state index in [9.17, 15) is 13.2 Å². The van der Waals surface area contributed by atoms with Crippen molar-refractivity contribution in [3.63, 3.8) is 0 Å². The van der Waals surface area contributed by atoms with Gasteiger partial charge in [0, 0.05) is 23.5 Å². The Kier molecular flexibility index (Phi) is 6.60. The van der Waals surface area contributed by atoms with Crippen LogP contribution >= 0.6 is 23.2 Å². The van der Waals surface area contributed by atoms with Crippen LogP contribution < -0.4 is 10.0 Å². The van der Waals surface area contributed by atoms with Crippen molar-refractivity contribution in [2.24, 2.45) is 0 Å². The Balaban J connectivity index is 1.41. The van der Waals surface area contributed by atoms with Gasteiger partial charge in [-0.05, 0) is 54.6 Å². The lowest BCUT2D eigenvalue weighted by molar-refractivity contribution is 0.104. The first-order valence-corrected chi connectivity index (χ1v) is 11.8. The second kappa shape index (κ2) is 9.58. The van der Waals surface area contributed by atoms with E-state index >= 15 is 0 Å². The van der Waals surface area contributed by atoms with Gasteiger partial charge < -0.3 is 5.32 Å². The molecule has 1 heterocycles. The highest BCUT2D eigenvalue weighted by Gasteiger charge is 2.15. The number of para-hydroxylation sites is 2. The molecule has 3 aromatic carbocycles. The maximum Gasteiger partial charge on any atom is 0.263 e. The van der Waals surface area contributed by atoms with Gasteiger partial charge in [-0.3, -0.25) is 14.5 Å². The summed E-state index contributed by atoms with van der Waals surface area (Å²) in [6.07, 6.45) is 4.16. The number of halogens is 2. The number of nitrogens with zero attached hydrogens (tertiary/aromatic N) is 2. The summed E-state index contributed by atoms with van der Waals surface area (Å²) in [4.78, 5) is 20.7. The predicted octanol–water partition coefficient (Wildman–Crippen LogP) is 5.55. The molecule has 0 saturated carbocycles. The van der Waals surface area contributed by atoms with Gasteiger partial charge in [-0.2, -0.15) is 0 Å². The van der Waals surface area contributed by atoms with Gasteiger partial charge in [-0.15, -0.1) is 0 Å². The molecule has 166 valence electrons. The second-order valence-corrected chi connectivity index (χ2v) is 9.34. The molecule has 0 saturated heterocycles. The van der Waals surface area contributed by atoms with Crippen LogP contribution in [0.1, 0.15) is 10.4 Å². The summed E-state index contributed by atoms with van der Waals surface area (Å²) < 4.78 is 27.8. The van der Waals surface area contributed by atoms with Crippen molar-refractivity contribution in [3.8, 4) is 0 Å². The van der Waals surface area contributed by atoms with E-state index in [1.54, 1.807) is 42.5 Å². The number of hydrogen-bond donors (Lipinski definition) is 2. The maximum atomic E-state index is 12.7. The Hall–Kier alpha value is -3.46. The van der Waals surface area contributed by atoms with Gasteiger partial charge >= 0.3 is 0 Å². The smallest absolute Gasteiger partial charge is 0.263 e. The molecule has 10 heteroatoms. The number of allylic oxidation sites excluding steroid dienone is 1. The normalized spacial score (nSPS) is 11.6. The molecule has 4 aromatic rings. The number of anilines is 2. The van der Waals surface area contributed by atoms with E-state index in [2.05, 4.69) is 20.0 Å². The van der Waals surface area contributed by atoms with Crippen molar-refractivity contribution in [2.75, 3.05) is 10.0 Å². The number of aromatic nitrogens is 2. The number of fused-ring (bicyclic) bond motifs is 1. The quantitative estimate of drug-likeness (QED) is 0.256. The molecule has 2 N–H and O–H groups in total. The van der Waals surface area contributed by atoms with E-state index < -0.39 is 10.0 Å². The zero-order valence-electron chi connectivity index (χ0n) is 16.9. The Morgan fingerprint density at radius 3 is 2.36 bits per heavy atom. The highest BCUT2D eigenvalue weighted by Crippen LogP contribution is 2.23. The van der Waals surface area contributed by atoms with E-state index in [1.165, 1.54) is 36.7 Å². The average Bonchev–Trinajstić information content (AvgIpc) is 2.81. The van der Waals surface area contributed by atoms with Crippen LogP contribution in [-0.2, 0) is 10.0 Å². The Morgan fingerprint density at radius 2 is 1.64 bits per heavy atom. The van der Waals surface area contributed by atoms with Crippen LogP contribution in [0.15, 0.2) is 90.1 Å². The van der Waals surface area contributed by atoms with Crippen LogP contribution in [0.4, 0.5) is 11.5 Å². The zero-order chi connectivity index (χ0) is 23.4. The SMILES string of the molecule is O=C(C=CNc1ccc(S(=O)(=O)Nc2cnc3ccccc3n2)cc1)c1ccc(Cl)c(Cl)c1. The van der Waals surface area contributed by atoms with Crippen LogP contribution in [0.3, 0.4) is 0 Å². The third-order valence-electron chi connectivity index (χ3n) is 4.54. The molecule has 33 heavy (non-hydrogen) atoms. The molecule has 0 bridgehead atoms. The third kappa shape index (κ3) is 5.48. The van der Waals surface area contributed by atoms with Gasteiger partial charge in [0.05, 0.1) is 32.2 Å². The minimum atomic E-state index is -3.85. The van der Waals surface area contributed by atoms with Gasteiger partial charge in [0.1, 0.15) is 0 Å². The number of ketones is 1. The fourth-order valence-corrected chi connectivity index (χ4v) is 4.18. The van der Waals surface area contributed by atoms with Crippen LogP contribution in [0.2, 0.25) is 10.0 Å². The van der Waals surface area contributed by atoms with Crippen LogP contribution in [0.5, 0.6) is 0 Å². The van der Waals surface area contributed by atoms with Crippen molar-refractivity contribution in [1.29, 1.82) is 0 Å². The van der Waals surface area contributed by atoms with Crippen molar-refractivity contribution in [2.45, 2.75) is 4.90 Å². The lowest BCUT2D eigenvalue weighted by Crippen LogP contribution is -2.14. The van der Waals surface area contributed by atoms with Crippen LogP contribution in [-0.4, -0.2) is 24.2 Å². The third-order valence-corrected chi connectivity index (χ3v) is 6.65. The highest BCUT2D eigenvalue weighted by molar-refractivity contribution is 7.92. The summed E-state index contributed by atoms with van der Waals surface area (Å²) in [7, 11) is -3.85.